The number of carbonyl (C=O) groups is 2. The van der Waals surface area contributed by atoms with Crippen LogP contribution in [0.5, 0.6) is 0 Å². The van der Waals surface area contributed by atoms with E-state index in [1.54, 1.807) is 35.0 Å². The first-order valence-corrected chi connectivity index (χ1v) is 12.0. The second-order valence-corrected chi connectivity index (χ2v) is 9.26. The van der Waals surface area contributed by atoms with Crippen LogP contribution in [0.2, 0.25) is 0 Å². The average Bonchev–Trinajstić information content (AvgIpc) is 3.47. The molecule has 2 aromatic carbocycles. The van der Waals surface area contributed by atoms with Gasteiger partial charge in [0, 0.05) is 36.5 Å². The second-order valence-electron chi connectivity index (χ2n) is 8.41. The summed E-state index contributed by atoms with van der Waals surface area (Å²) in [6.45, 7) is 1.22. The van der Waals surface area contributed by atoms with E-state index in [9.17, 15) is 9.59 Å². The number of halogens is 2. The highest BCUT2D eigenvalue weighted by Gasteiger charge is 2.31. The van der Waals surface area contributed by atoms with Crippen molar-refractivity contribution in [3.05, 3.63) is 76.0 Å². The molecule has 3 amide bonds. The summed E-state index contributed by atoms with van der Waals surface area (Å²) in [4.78, 5) is 29.6. The van der Waals surface area contributed by atoms with Crippen LogP contribution in [-0.4, -0.2) is 49.8 Å². The molecule has 0 radical (unpaired) electrons. The molecule has 4 rings (SSSR count). The summed E-state index contributed by atoms with van der Waals surface area (Å²) >= 11 is 3.60. The molecule has 1 aliphatic rings. The normalized spacial score (nSPS) is 14.9. The van der Waals surface area contributed by atoms with Crippen LogP contribution in [-0.2, 0) is 24.9 Å². The molecule has 1 aromatic heterocycles. The lowest BCUT2D eigenvalue weighted by molar-refractivity contribution is -0.131. The molecule has 3 N–H and O–H groups in total. The zero-order valence-electron chi connectivity index (χ0n) is 19.4. The Hall–Kier alpha value is -3.11. The highest BCUT2D eigenvalue weighted by molar-refractivity contribution is 9.10. The fourth-order valence-electron chi connectivity index (χ4n) is 4.20. The number of hydrogen-bond donors (Lipinski definition) is 2. The Balaban J connectivity index is 0.00000342. The van der Waals surface area contributed by atoms with Gasteiger partial charge >= 0.3 is 6.03 Å². The molecule has 1 fully saturated rings. The highest BCUT2D eigenvalue weighted by Crippen LogP contribution is 2.35. The Morgan fingerprint density at radius 3 is 2.60 bits per heavy atom. The van der Waals surface area contributed by atoms with Gasteiger partial charge in [0.05, 0.1) is 19.1 Å². The summed E-state index contributed by atoms with van der Waals surface area (Å²) in [5.41, 5.74) is 9.12. The number of aryl methyl sites for hydroxylation is 1. The van der Waals surface area contributed by atoms with E-state index >= 15 is 0 Å². The summed E-state index contributed by atoms with van der Waals surface area (Å²) in [7, 11) is 1.77. The lowest BCUT2D eigenvalue weighted by Crippen LogP contribution is -2.45. The van der Waals surface area contributed by atoms with Crippen molar-refractivity contribution < 1.29 is 9.59 Å². The summed E-state index contributed by atoms with van der Waals surface area (Å²) in [6.07, 6.45) is 3.60. The average molecular weight is 563 g/mol. The molecule has 1 atom stereocenters. The molecular formula is C24H29BrClN7O2. The number of rotatable bonds is 7. The van der Waals surface area contributed by atoms with Crippen molar-refractivity contribution in [2.75, 3.05) is 18.8 Å². The fourth-order valence-corrected chi connectivity index (χ4v) is 4.75. The number of carbonyl (C=O) groups excluding carboxylic acids is 2. The van der Waals surface area contributed by atoms with Crippen LogP contribution < -0.4 is 11.1 Å². The van der Waals surface area contributed by atoms with Gasteiger partial charge in [0.1, 0.15) is 5.69 Å². The van der Waals surface area contributed by atoms with Crippen molar-refractivity contribution in [3.63, 3.8) is 0 Å². The number of nitrogens with one attached hydrogen (secondary N) is 1. The monoisotopic (exact) mass is 561 g/mol. The maximum atomic E-state index is 13.1. The lowest BCUT2D eigenvalue weighted by atomic mass is 10.0. The first kappa shape index (κ1) is 26.5. The van der Waals surface area contributed by atoms with Crippen LogP contribution in [0.25, 0.3) is 0 Å². The molecule has 9 nitrogen and oxygen atoms in total. The van der Waals surface area contributed by atoms with Crippen LogP contribution >= 0.6 is 28.3 Å². The Morgan fingerprint density at radius 1 is 1.17 bits per heavy atom. The van der Waals surface area contributed by atoms with Crippen LogP contribution in [0, 0.1) is 0 Å². The third kappa shape index (κ3) is 6.73. The molecule has 1 aliphatic heterocycles. The lowest BCUT2D eigenvalue weighted by Gasteiger charge is -2.27. The number of anilines is 1. The molecule has 0 unspecified atom stereocenters. The van der Waals surface area contributed by atoms with E-state index in [-0.39, 0.29) is 43.5 Å². The summed E-state index contributed by atoms with van der Waals surface area (Å²) in [6, 6.07) is 15.0. The van der Waals surface area contributed by atoms with Crippen molar-refractivity contribution in [3.8, 4) is 0 Å². The third-order valence-corrected chi connectivity index (χ3v) is 6.59. The van der Waals surface area contributed by atoms with Gasteiger partial charge in [-0.2, -0.15) is 0 Å². The maximum absolute atomic E-state index is 13.1. The van der Waals surface area contributed by atoms with E-state index in [0.717, 1.165) is 28.4 Å². The molecule has 3 aromatic rings. The molecule has 35 heavy (non-hydrogen) atoms. The quantitative estimate of drug-likeness (QED) is 0.427. The maximum Gasteiger partial charge on any atom is 0.318 e. The van der Waals surface area contributed by atoms with Gasteiger partial charge in [0.2, 0.25) is 5.91 Å². The summed E-state index contributed by atoms with van der Waals surface area (Å²) in [5.74, 6) is -0.0986. The Labute approximate surface area is 219 Å². The second kappa shape index (κ2) is 12.0. The van der Waals surface area contributed by atoms with Gasteiger partial charge in [-0.1, -0.05) is 51.5 Å². The molecule has 2 heterocycles. The zero-order chi connectivity index (χ0) is 24.1. The predicted octanol–water partition coefficient (Wildman–Crippen LogP) is 3.66. The minimum Gasteiger partial charge on any atom is -0.399 e. The Morgan fingerprint density at radius 2 is 1.91 bits per heavy atom. The first-order chi connectivity index (χ1) is 16.4. The zero-order valence-corrected chi connectivity index (χ0v) is 21.8. The molecule has 0 spiro atoms. The van der Waals surface area contributed by atoms with Gasteiger partial charge in [0.25, 0.3) is 0 Å². The van der Waals surface area contributed by atoms with E-state index in [2.05, 4.69) is 31.6 Å². The van der Waals surface area contributed by atoms with Gasteiger partial charge < -0.3 is 20.9 Å². The van der Waals surface area contributed by atoms with Crippen LogP contribution in [0.15, 0.2) is 59.2 Å². The first-order valence-electron chi connectivity index (χ1n) is 11.2. The van der Waals surface area contributed by atoms with E-state index < -0.39 is 0 Å². The van der Waals surface area contributed by atoms with Gasteiger partial charge in [-0.05, 0) is 42.2 Å². The number of nitrogens with two attached hydrogens (primary N) is 1. The summed E-state index contributed by atoms with van der Waals surface area (Å²) < 4.78 is 2.58. The Kier molecular flexibility index (Phi) is 9.11. The minimum absolute atomic E-state index is 0. The highest BCUT2D eigenvalue weighted by atomic mass is 79.9. The SMILES string of the molecule is Cl.Cn1cc(CN(Cc2ccc(N)cc2)C(=O)NCC(=O)N2CCC[C@H]2c2ccccc2Br)nn1. The van der Waals surface area contributed by atoms with Gasteiger partial charge in [0.15, 0.2) is 0 Å². The number of amides is 3. The van der Waals surface area contributed by atoms with E-state index in [4.69, 9.17) is 5.73 Å². The van der Waals surface area contributed by atoms with Crippen molar-refractivity contribution in [1.29, 1.82) is 0 Å². The molecular weight excluding hydrogens is 534 g/mol. The molecule has 0 bridgehead atoms. The number of benzene rings is 2. The van der Waals surface area contributed by atoms with Crippen LogP contribution in [0.4, 0.5) is 10.5 Å². The topological polar surface area (TPSA) is 109 Å². The standard InChI is InChI=1S/C24H28BrN7O2.ClH/c1-30-15-19(28-29-30)16-31(14-17-8-10-18(26)11-9-17)24(34)27-13-23(33)32-12-4-7-22(32)20-5-2-3-6-21(20)25;/h2-3,5-6,8-11,15,22H,4,7,12-14,16,26H2,1H3,(H,27,34);1H/t22-;/m0./s1. The third-order valence-electron chi connectivity index (χ3n) is 5.87. The minimum atomic E-state index is -0.340. The van der Waals surface area contributed by atoms with E-state index in [1.165, 1.54) is 0 Å². The Bertz CT molecular complexity index is 1150. The molecule has 0 saturated carbocycles. The number of aromatic nitrogens is 3. The number of nitrogen functional groups attached to an aromatic ring is 1. The largest absolute Gasteiger partial charge is 0.399 e. The number of urea groups is 1. The van der Waals surface area contributed by atoms with Crippen LogP contribution in [0.3, 0.4) is 0 Å². The van der Waals surface area contributed by atoms with Crippen molar-refractivity contribution in [1.82, 2.24) is 30.1 Å². The van der Waals surface area contributed by atoms with Gasteiger partial charge in [-0.25, -0.2) is 4.79 Å². The van der Waals surface area contributed by atoms with Crippen LogP contribution in [0.1, 0.15) is 35.7 Å². The van der Waals surface area contributed by atoms with Crippen molar-refractivity contribution >= 4 is 46.0 Å². The van der Waals surface area contributed by atoms with Gasteiger partial charge in [-0.15, -0.1) is 17.5 Å². The van der Waals surface area contributed by atoms with E-state index in [1.807, 2.05) is 41.3 Å². The number of nitrogens with zero attached hydrogens (tertiary/aromatic N) is 5. The van der Waals surface area contributed by atoms with E-state index in [0.29, 0.717) is 24.5 Å². The molecule has 11 heteroatoms. The van der Waals surface area contributed by atoms with Crippen molar-refractivity contribution in [2.45, 2.75) is 32.0 Å². The smallest absolute Gasteiger partial charge is 0.318 e. The predicted molar refractivity (Wildman–Crippen MR) is 140 cm³/mol. The number of hydrogen-bond acceptors (Lipinski definition) is 5. The molecule has 1 saturated heterocycles. The summed E-state index contributed by atoms with van der Waals surface area (Å²) in [5, 5.41) is 10.9. The fraction of sp³-hybridized carbons (Fsp3) is 0.333. The van der Waals surface area contributed by atoms with Gasteiger partial charge in [-0.3, -0.25) is 9.48 Å². The molecule has 186 valence electrons. The number of likely N-dealkylation sites (tertiary alicyclic amines) is 1. The molecule has 0 aliphatic carbocycles. The van der Waals surface area contributed by atoms with Crippen molar-refractivity contribution in [2.24, 2.45) is 7.05 Å².